The second-order valence-corrected chi connectivity index (χ2v) is 5.19. The summed E-state index contributed by atoms with van der Waals surface area (Å²) in [6.07, 6.45) is 4.69. The minimum atomic E-state index is -0.0986. The first-order chi connectivity index (χ1) is 10.3. The first-order valence-electron chi connectivity index (χ1n) is 7.58. The fourth-order valence-electron chi connectivity index (χ4n) is 2.23. The van der Waals surface area contributed by atoms with Crippen molar-refractivity contribution in [2.45, 2.75) is 38.7 Å². The van der Waals surface area contributed by atoms with Gasteiger partial charge >= 0.3 is 5.97 Å². The van der Waals surface area contributed by atoms with E-state index < -0.39 is 0 Å². The molecule has 0 bridgehead atoms. The molecule has 2 aromatic carbocycles. The van der Waals surface area contributed by atoms with Crippen LogP contribution in [0.15, 0.2) is 60.7 Å². The molecule has 0 spiro atoms. The van der Waals surface area contributed by atoms with Gasteiger partial charge in [-0.05, 0) is 30.4 Å². The van der Waals surface area contributed by atoms with Crippen molar-refractivity contribution in [2.24, 2.45) is 0 Å². The first-order valence-corrected chi connectivity index (χ1v) is 7.58. The maximum Gasteiger partial charge on any atom is 0.306 e. The van der Waals surface area contributed by atoms with Gasteiger partial charge in [0.1, 0.15) is 6.61 Å². The van der Waals surface area contributed by atoms with Gasteiger partial charge in [0, 0.05) is 6.42 Å². The molecule has 2 aromatic rings. The van der Waals surface area contributed by atoms with Gasteiger partial charge < -0.3 is 4.74 Å². The van der Waals surface area contributed by atoms with Crippen LogP contribution in [0, 0.1) is 0 Å². The molecule has 21 heavy (non-hydrogen) atoms. The smallest absolute Gasteiger partial charge is 0.306 e. The van der Waals surface area contributed by atoms with Gasteiger partial charge in [-0.25, -0.2) is 0 Å². The van der Waals surface area contributed by atoms with Crippen LogP contribution >= 0.6 is 0 Å². The van der Waals surface area contributed by atoms with Crippen LogP contribution in [0.25, 0.3) is 0 Å². The quantitative estimate of drug-likeness (QED) is 0.525. The van der Waals surface area contributed by atoms with Crippen molar-refractivity contribution >= 4 is 5.97 Å². The van der Waals surface area contributed by atoms with Crippen LogP contribution in [-0.4, -0.2) is 5.97 Å². The predicted molar refractivity (Wildman–Crippen MR) is 84.9 cm³/mol. The molecule has 0 aromatic heterocycles. The van der Waals surface area contributed by atoms with E-state index in [0.29, 0.717) is 13.0 Å². The zero-order valence-corrected chi connectivity index (χ0v) is 12.3. The van der Waals surface area contributed by atoms with Crippen LogP contribution in [0.2, 0.25) is 0 Å². The zero-order chi connectivity index (χ0) is 14.8. The number of carbonyl (C=O) groups excluding carboxylic acids is 1. The van der Waals surface area contributed by atoms with Crippen LogP contribution in [0.1, 0.15) is 36.8 Å². The molecule has 0 saturated heterocycles. The van der Waals surface area contributed by atoms with Gasteiger partial charge in [0.25, 0.3) is 0 Å². The van der Waals surface area contributed by atoms with Gasteiger partial charge in [-0.1, -0.05) is 67.1 Å². The van der Waals surface area contributed by atoms with Crippen LogP contribution in [0.5, 0.6) is 0 Å². The Morgan fingerprint density at radius 3 is 2.05 bits per heavy atom. The van der Waals surface area contributed by atoms with Crippen molar-refractivity contribution in [3.05, 3.63) is 71.8 Å². The lowest BCUT2D eigenvalue weighted by Crippen LogP contribution is -2.04. The van der Waals surface area contributed by atoms with E-state index in [9.17, 15) is 4.79 Å². The largest absolute Gasteiger partial charge is 0.461 e. The van der Waals surface area contributed by atoms with Crippen molar-refractivity contribution in [1.82, 2.24) is 0 Å². The van der Waals surface area contributed by atoms with Crippen LogP contribution in [0.3, 0.4) is 0 Å². The summed E-state index contributed by atoms with van der Waals surface area (Å²) in [5.74, 6) is -0.0986. The number of hydrogen-bond donors (Lipinski definition) is 0. The summed E-state index contributed by atoms with van der Waals surface area (Å²) in [5.41, 5.74) is 2.40. The van der Waals surface area contributed by atoms with Crippen LogP contribution < -0.4 is 0 Å². The number of benzene rings is 2. The molecule has 2 rings (SSSR count). The molecule has 0 radical (unpaired) electrons. The number of hydrogen-bond acceptors (Lipinski definition) is 2. The SMILES string of the molecule is O=C(CCCCCc1ccccc1)OCc1ccccc1. The van der Waals surface area contributed by atoms with Gasteiger partial charge in [0.2, 0.25) is 0 Å². The molecule has 0 atom stereocenters. The Morgan fingerprint density at radius 2 is 1.38 bits per heavy atom. The monoisotopic (exact) mass is 282 g/mol. The van der Waals surface area contributed by atoms with E-state index in [1.54, 1.807) is 0 Å². The standard InChI is InChI=1S/C19H22O2/c20-19(21-16-18-13-7-2-8-14-18)15-9-3-6-12-17-10-4-1-5-11-17/h1-2,4-5,7-8,10-11,13-14H,3,6,9,12,15-16H2. The van der Waals surface area contributed by atoms with E-state index in [-0.39, 0.29) is 5.97 Å². The molecule has 0 saturated carbocycles. The molecule has 0 fully saturated rings. The highest BCUT2D eigenvalue weighted by molar-refractivity contribution is 5.69. The Bertz CT molecular complexity index is 520. The number of unbranched alkanes of at least 4 members (excludes halogenated alkanes) is 2. The lowest BCUT2D eigenvalue weighted by molar-refractivity contribution is -0.145. The molecule has 2 nitrogen and oxygen atoms in total. The lowest BCUT2D eigenvalue weighted by Gasteiger charge is -2.05. The second kappa shape index (κ2) is 8.96. The normalized spacial score (nSPS) is 10.3. The van der Waals surface area contributed by atoms with E-state index in [1.165, 1.54) is 5.56 Å². The first kappa shape index (κ1) is 15.3. The molecule has 0 aliphatic rings. The molecule has 0 aliphatic carbocycles. The van der Waals surface area contributed by atoms with Crippen LogP contribution in [0.4, 0.5) is 0 Å². The molecular formula is C19H22O2. The van der Waals surface area contributed by atoms with Gasteiger partial charge in [-0.3, -0.25) is 4.79 Å². The highest BCUT2D eigenvalue weighted by Gasteiger charge is 2.03. The van der Waals surface area contributed by atoms with Crippen LogP contribution in [-0.2, 0) is 22.6 Å². The third-order valence-electron chi connectivity index (χ3n) is 3.43. The molecule has 2 heteroatoms. The molecule has 0 unspecified atom stereocenters. The summed E-state index contributed by atoms with van der Waals surface area (Å²) < 4.78 is 5.25. The summed E-state index contributed by atoms with van der Waals surface area (Å²) in [5, 5.41) is 0. The van der Waals surface area contributed by atoms with Gasteiger partial charge in [-0.15, -0.1) is 0 Å². The summed E-state index contributed by atoms with van der Waals surface area (Å²) in [6.45, 7) is 0.379. The minimum absolute atomic E-state index is 0.0986. The maximum absolute atomic E-state index is 11.6. The molecule has 110 valence electrons. The molecule has 0 aliphatic heterocycles. The summed E-state index contributed by atoms with van der Waals surface area (Å²) in [7, 11) is 0. The number of esters is 1. The van der Waals surface area contributed by atoms with E-state index >= 15 is 0 Å². The molecule has 0 N–H and O–H groups in total. The highest BCUT2D eigenvalue weighted by atomic mass is 16.5. The Kier molecular flexibility index (Phi) is 6.53. The Morgan fingerprint density at radius 1 is 0.762 bits per heavy atom. The average molecular weight is 282 g/mol. The van der Waals surface area contributed by atoms with Gasteiger partial charge in [-0.2, -0.15) is 0 Å². The Hall–Kier alpha value is -2.09. The van der Waals surface area contributed by atoms with Gasteiger partial charge in [0.05, 0.1) is 0 Å². The summed E-state index contributed by atoms with van der Waals surface area (Å²) in [4.78, 5) is 11.6. The summed E-state index contributed by atoms with van der Waals surface area (Å²) in [6, 6.07) is 20.2. The zero-order valence-electron chi connectivity index (χ0n) is 12.3. The molecule has 0 amide bonds. The number of aryl methyl sites for hydroxylation is 1. The average Bonchev–Trinajstić information content (AvgIpc) is 2.54. The van der Waals surface area contributed by atoms with E-state index in [2.05, 4.69) is 24.3 Å². The number of rotatable bonds is 8. The van der Waals surface area contributed by atoms with Crippen molar-refractivity contribution in [3.63, 3.8) is 0 Å². The van der Waals surface area contributed by atoms with Crippen molar-refractivity contribution in [2.75, 3.05) is 0 Å². The second-order valence-electron chi connectivity index (χ2n) is 5.19. The van der Waals surface area contributed by atoms with E-state index in [0.717, 1.165) is 31.2 Å². The third-order valence-corrected chi connectivity index (χ3v) is 3.43. The Balaban J connectivity index is 1.53. The van der Waals surface area contributed by atoms with Gasteiger partial charge in [0.15, 0.2) is 0 Å². The van der Waals surface area contributed by atoms with Crippen molar-refractivity contribution in [3.8, 4) is 0 Å². The minimum Gasteiger partial charge on any atom is -0.461 e. The predicted octanol–water partition coefficient (Wildman–Crippen LogP) is 4.53. The van der Waals surface area contributed by atoms with Crippen molar-refractivity contribution in [1.29, 1.82) is 0 Å². The fraction of sp³-hybridized carbons (Fsp3) is 0.316. The Labute approximate surface area is 126 Å². The number of carbonyl (C=O) groups is 1. The van der Waals surface area contributed by atoms with Crippen molar-refractivity contribution < 1.29 is 9.53 Å². The molecular weight excluding hydrogens is 260 g/mol. The van der Waals surface area contributed by atoms with E-state index in [4.69, 9.17) is 4.74 Å². The highest BCUT2D eigenvalue weighted by Crippen LogP contribution is 2.09. The fourth-order valence-corrected chi connectivity index (χ4v) is 2.23. The lowest BCUT2D eigenvalue weighted by atomic mass is 10.1. The maximum atomic E-state index is 11.6. The summed E-state index contributed by atoms with van der Waals surface area (Å²) >= 11 is 0. The number of ether oxygens (including phenoxy) is 1. The van der Waals surface area contributed by atoms with E-state index in [1.807, 2.05) is 36.4 Å². The molecule has 0 heterocycles. The topological polar surface area (TPSA) is 26.3 Å². The third kappa shape index (κ3) is 6.26.